The third kappa shape index (κ3) is 1.84. The highest BCUT2D eigenvalue weighted by atomic mass is 32.1. The summed E-state index contributed by atoms with van der Waals surface area (Å²) < 4.78 is 1.47. The number of hydrogen-bond acceptors (Lipinski definition) is 6. The Labute approximate surface area is 95.0 Å². The lowest BCUT2D eigenvalue weighted by atomic mass is 10.4. The van der Waals surface area contributed by atoms with Crippen LogP contribution in [0, 0.1) is 10.1 Å². The summed E-state index contributed by atoms with van der Waals surface area (Å²) in [5.41, 5.74) is 5.35. The molecule has 0 bridgehead atoms. The zero-order valence-electron chi connectivity index (χ0n) is 8.42. The summed E-state index contributed by atoms with van der Waals surface area (Å²) in [6, 6.07) is 0. The van der Waals surface area contributed by atoms with Crippen molar-refractivity contribution in [1.82, 2.24) is 9.38 Å². The first kappa shape index (κ1) is 10.8. The van der Waals surface area contributed by atoms with E-state index >= 15 is 0 Å². The van der Waals surface area contributed by atoms with Crippen molar-refractivity contribution in [3.63, 3.8) is 0 Å². The number of fused-ring (bicyclic) bond motifs is 1. The number of aromatic nitrogens is 2. The van der Waals surface area contributed by atoms with Gasteiger partial charge in [0.2, 0.25) is 5.82 Å². The maximum absolute atomic E-state index is 10.9. The number of hydrogen-bond donors (Lipinski definition) is 2. The number of rotatable bonds is 5. The van der Waals surface area contributed by atoms with Crippen LogP contribution in [0.4, 0.5) is 11.6 Å². The van der Waals surface area contributed by atoms with Crippen molar-refractivity contribution in [2.45, 2.75) is 6.42 Å². The molecular formula is C8H11N5O2S. The third-order valence-corrected chi connectivity index (χ3v) is 2.84. The highest BCUT2D eigenvalue weighted by molar-refractivity contribution is 7.15. The van der Waals surface area contributed by atoms with Crippen LogP contribution in [0.1, 0.15) is 6.42 Å². The van der Waals surface area contributed by atoms with Crippen LogP contribution in [-0.4, -0.2) is 27.4 Å². The zero-order valence-corrected chi connectivity index (χ0v) is 9.24. The second kappa shape index (κ2) is 4.45. The molecule has 8 heteroatoms. The molecule has 2 aromatic heterocycles. The van der Waals surface area contributed by atoms with Gasteiger partial charge < -0.3 is 21.2 Å². The fourth-order valence-corrected chi connectivity index (χ4v) is 2.08. The number of nitrogens with zero attached hydrogens (tertiary/aromatic N) is 3. The number of nitro groups is 1. The fraction of sp³-hybridized carbons (Fsp3) is 0.375. The van der Waals surface area contributed by atoms with Gasteiger partial charge in [-0.05, 0) is 17.9 Å². The van der Waals surface area contributed by atoms with E-state index in [1.807, 2.05) is 0 Å². The highest BCUT2D eigenvalue weighted by Gasteiger charge is 2.22. The van der Waals surface area contributed by atoms with Gasteiger partial charge in [-0.1, -0.05) is 11.3 Å². The van der Waals surface area contributed by atoms with E-state index in [0.29, 0.717) is 23.9 Å². The summed E-state index contributed by atoms with van der Waals surface area (Å²) in [4.78, 5) is 15.2. The number of imidazole rings is 1. The summed E-state index contributed by atoms with van der Waals surface area (Å²) in [7, 11) is 0. The lowest BCUT2D eigenvalue weighted by molar-refractivity contribution is -0.389. The van der Waals surface area contributed by atoms with Gasteiger partial charge in [0.1, 0.15) is 6.20 Å². The lowest BCUT2D eigenvalue weighted by Gasteiger charge is -2.01. The lowest BCUT2D eigenvalue weighted by Crippen LogP contribution is -2.09. The van der Waals surface area contributed by atoms with Gasteiger partial charge in [-0.15, -0.1) is 0 Å². The Hall–Kier alpha value is -1.67. The highest BCUT2D eigenvalue weighted by Crippen LogP contribution is 2.27. The maximum atomic E-state index is 10.9. The van der Waals surface area contributed by atoms with Gasteiger partial charge in [0.15, 0.2) is 0 Å². The van der Waals surface area contributed by atoms with Gasteiger partial charge in [0.25, 0.3) is 4.96 Å². The Bertz CT molecular complexity index is 505. The summed E-state index contributed by atoms with van der Waals surface area (Å²) in [6.45, 7) is 1.13. The Morgan fingerprint density at radius 1 is 1.69 bits per heavy atom. The van der Waals surface area contributed by atoms with Crippen LogP contribution >= 0.6 is 11.3 Å². The normalized spacial score (nSPS) is 10.8. The average molecular weight is 241 g/mol. The minimum absolute atomic E-state index is 0.0201. The molecule has 16 heavy (non-hydrogen) atoms. The molecule has 0 spiro atoms. The zero-order chi connectivity index (χ0) is 11.5. The van der Waals surface area contributed by atoms with Crippen LogP contribution in [0.5, 0.6) is 0 Å². The molecule has 0 fully saturated rings. The number of nitrogens with one attached hydrogen (secondary N) is 1. The predicted molar refractivity (Wildman–Crippen MR) is 61.9 cm³/mol. The van der Waals surface area contributed by atoms with Crippen LogP contribution < -0.4 is 11.1 Å². The van der Waals surface area contributed by atoms with Crippen molar-refractivity contribution in [1.29, 1.82) is 0 Å². The minimum Gasteiger partial charge on any atom is -0.363 e. The van der Waals surface area contributed by atoms with Crippen molar-refractivity contribution >= 4 is 27.9 Å². The molecule has 0 aliphatic heterocycles. The Balaban J connectivity index is 2.32. The van der Waals surface area contributed by atoms with Gasteiger partial charge in [-0.3, -0.25) is 0 Å². The van der Waals surface area contributed by atoms with Gasteiger partial charge in [-0.2, -0.15) is 9.38 Å². The first-order chi connectivity index (χ1) is 7.74. The van der Waals surface area contributed by atoms with E-state index in [1.165, 1.54) is 15.7 Å². The molecule has 0 aromatic carbocycles. The van der Waals surface area contributed by atoms with Crippen molar-refractivity contribution < 1.29 is 4.92 Å². The Morgan fingerprint density at radius 2 is 2.50 bits per heavy atom. The molecule has 0 saturated carbocycles. The number of thiazole rings is 1. The Kier molecular flexibility index (Phi) is 3.02. The second-order valence-electron chi connectivity index (χ2n) is 3.17. The Morgan fingerprint density at radius 3 is 3.19 bits per heavy atom. The topological polar surface area (TPSA) is 98.5 Å². The molecular weight excluding hydrogens is 230 g/mol. The molecule has 86 valence electrons. The molecule has 0 saturated heterocycles. The van der Waals surface area contributed by atoms with E-state index in [4.69, 9.17) is 5.73 Å². The fourth-order valence-electron chi connectivity index (χ4n) is 1.38. The van der Waals surface area contributed by atoms with Gasteiger partial charge in [0, 0.05) is 11.9 Å². The minimum atomic E-state index is -0.433. The van der Waals surface area contributed by atoms with E-state index in [-0.39, 0.29) is 5.82 Å². The van der Waals surface area contributed by atoms with Gasteiger partial charge in [-0.25, -0.2) is 0 Å². The molecule has 0 unspecified atom stereocenters. The first-order valence-electron chi connectivity index (χ1n) is 4.78. The number of nitrogens with two attached hydrogens (primary N) is 1. The molecule has 3 N–H and O–H groups in total. The molecule has 0 aliphatic rings. The van der Waals surface area contributed by atoms with E-state index in [1.54, 1.807) is 11.6 Å². The molecule has 2 aromatic rings. The van der Waals surface area contributed by atoms with Crippen molar-refractivity contribution in [3.8, 4) is 0 Å². The van der Waals surface area contributed by atoms with Crippen LogP contribution in [0.25, 0.3) is 4.96 Å². The summed E-state index contributed by atoms with van der Waals surface area (Å²) >= 11 is 1.36. The third-order valence-electron chi connectivity index (χ3n) is 2.08. The molecule has 0 amide bonds. The largest absolute Gasteiger partial charge is 0.372 e. The summed E-state index contributed by atoms with van der Waals surface area (Å²) in [6.07, 6.45) is 2.39. The number of anilines is 1. The average Bonchev–Trinajstić information content (AvgIpc) is 2.76. The molecule has 7 nitrogen and oxygen atoms in total. The molecule has 0 atom stereocenters. The molecule has 0 aliphatic carbocycles. The van der Waals surface area contributed by atoms with Crippen LogP contribution in [0.15, 0.2) is 11.6 Å². The SMILES string of the molecule is NCCCNc1nc2sccn2c1[N+](=O)[O-]. The van der Waals surface area contributed by atoms with Crippen LogP contribution in [-0.2, 0) is 0 Å². The predicted octanol–water partition coefficient (Wildman–Crippen LogP) is 1.06. The van der Waals surface area contributed by atoms with Crippen LogP contribution in [0.3, 0.4) is 0 Å². The van der Waals surface area contributed by atoms with E-state index in [9.17, 15) is 10.1 Å². The second-order valence-corrected chi connectivity index (χ2v) is 4.04. The van der Waals surface area contributed by atoms with Gasteiger partial charge >= 0.3 is 5.82 Å². The first-order valence-corrected chi connectivity index (χ1v) is 5.66. The smallest absolute Gasteiger partial charge is 0.363 e. The van der Waals surface area contributed by atoms with Crippen molar-refractivity contribution in [2.75, 3.05) is 18.4 Å². The maximum Gasteiger partial charge on any atom is 0.372 e. The van der Waals surface area contributed by atoms with Crippen molar-refractivity contribution in [3.05, 3.63) is 21.7 Å². The standard InChI is InChI=1S/C8H11N5O2S/c9-2-1-3-10-6-7(13(14)15)12-4-5-16-8(12)11-6/h4-5,10H,1-3,9H2. The molecule has 2 heterocycles. The van der Waals surface area contributed by atoms with Crippen molar-refractivity contribution in [2.24, 2.45) is 5.73 Å². The van der Waals surface area contributed by atoms with Gasteiger partial charge in [0.05, 0.1) is 0 Å². The molecule has 2 rings (SSSR count). The van der Waals surface area contributed by atoms with E-state index in [0.717, 1.165) is 6.42 Å². The summed E-state index contributed by atoms with van der Waals surface area (Å²) in [5, 5.41) is 15.6. The quantitative estimate of drug-likeness (QED) is 0.463. The van der Waals surface area contributed by atoms with E-state index in [2.05, 4.69) is 10.3 Å². The molecule has 0 radical (unpaired) electrons. The van der Waals surface area contributed by atoms with Crippen LogP contribution in [0.2, 0.25) is 0 Å². The monoisotopic (exact) mass is 241 g/mol. The summed E-state index contributed by atoms with van der Waals surface area (Å²) in [5.74, 6) is 0.290. The van der Waals surface area contributed by atoms with E-state index < -0.39 is 4.92 Å².